The topological polar surface area (TPSA) is 78.7 Å². The number of aromatic nitrogens is 3. The number of nitrogens with zero attached hydrogens (tertiary/aromatic N) is 6. The van der Waals surface area contributed by atoms with E-state index >= 15 is 0 Å². The van der Waals surface area contributed by atoms with Crippen LogP contribution >= 0.6 is 0 Å². The van der Waals surface area contributed by atoms with Gasteiger partial charge in [0.15, 0.2) is 5.96 Å². The van der Waals surface area contributed by atoms with Crippen LogP contribution in [0.15, 0.2) is 35.7 Å². The highest BCUT2D eigenvalue weighted by Crippen LogP contribution is 2.10. The quantitative estimate of drug-likeness (QED) is 0.647. The van der Waals surface area contributed by atoms with Gasteiger partial charge < -0.3 is 15.1 Å². The molecule has 1 fully saturated rings. The van der Waals surface area contributed by atoms with E-state index < -0.39 is 0 Å². The monoisotopic (exact) mass is 369 g/mol. The van der Waals surface area contributed by atoms with E-state index in [2.05, 4.69) is 27.1 Å². The number of amides is 1. The number of imidazole rings is 1. The number of carbonyl (C=O) groups is 1. The molecule has 1 aliphatic heterocycles. The number of piperazine rings is 1. The summed E-state index contributed by atoms with van der Waals surface area (Å²) < 4.78 is 1.95. The molecule has 8 nitrogen and oxygen atoms in total. The third kappa shape index (κ3) is 4.64. The van der Waals surface area contributed by atoms with Gasteiger partial charge >= 0.3 is 0 Å². The Morgan fingerprint density at radius 2 is 1.93 bits per heavy atom. The first-order chi connectivity index (χ1) is 13.1. The minimum atomic E-state index is 0.135. The molecule has 0 unspecified atom stereocenters. The van der Waals surface area contributed by atoms with Crippen molar-refractivity contribution in [3.63, 3.8) is 0 Å². The molecule has 1 amide bonds. The van der Waals surface area contributed by atoms with Crippen molar-refractivity contribution in [1.82, 2.24) is 29.7 Å². The lowest BCUT2D eigenvalue weighted by molar-refractivity contribution is -0.130. The van der Waals surface area contributed by atoms with Crippen LogP contribution in [0.1, 0.15) is 25.2 Å². The van der Waals surface area contributed by atoms with Crippen molar-refractivity contribution in [3.05, 3.63) is 42.1 Å². The van der Waals surface area contributed by atoms with Gasteiger partial charge in [0.05, 0.1) is 6.54 Å². The second kappa shape index (κ2) is 8.66. The van der Waals surface area contributed by atoms with Crippen LogP contribution in [-0.2, 0) is 11.3 Å². The molecule has 0 bridgehead atoms. The number of rotatable bonds is 4. The molecule has 8 heteroatoms. The van der Waals surface area contributed by atoms with Gasteiger partial charge in [0.1, 0.15) is 11.6 Å². The van der Waals surface area contributed by atoms with Crippen LogP contribution in [0.5, 0.6) is 0 Å². The van der Waals surface area contributed by atoms with Crippen LogP contribution in [0, 0.1) is 6.92 Å². The Balaban J connectivity index is 1.65. The molecule has 2 aromatic rings. The van der Waals surface area contributed by atoms with Crippen molar-refractivity contribution in [2.75, 3.05) is 32.7 Å². The van der Waals surface area contributed by atoms with Gasteiger partial charge in [0.2, 0.25) is 5.91 Å². The molecule has 3 rings (SSSR count). The van der Waals surface area contributed by atoms with E-state index in [0.29, 0.717) is 6.54 Å². The molecule has 3 heterocycles. The maximum atomic E-state index is 11.5. The summed E-state index contributed by atoms with van der Waals surface area (Å²) in [5.41, 5.74) is 1.05. The second-order valence-corrected chi connectivity index (χ2v) is 6.53. The van der Waals surface area contributed by atoms with Gasteiger partial charge in [-0.05, 0) is 25.5 Å². The predicted octanol–water partition coefficient (Wildman–Crippen LogP) is 1.21. The van der Waals surface area contributed by atoms with Crippen molar-refractivity contribution in [3.8, 4) is 5.82 Å². The van der Waals surface area contributed by atoms with E-state index in [1.807, 2.05) is 40.9 Å². The Labute approximate surface area is 159 Å². The molecule has 0 aromatic carbocycles. The fourth-order valence-corrected chi connectivity index (χ4v) is 3.10. The van der Waals surface area contributed by atoms with Crippen LogP contribution < -0.4 is 5.32 Å². The standard InChI is InChI=1S/C19H27N7O/c1-4-20-19(25-11-9-24(10-12-25)16(3)27)23-14-17-5-6-18(22-13-17)26-8-7-21-15(26)2/h5-8,13H,4,9-12,14H2,1-3H3,(H,20,23). The lowest BCUT2D eigenvalue weighted by atomic mass is 10.3. The molecule has 2 aromatic heterocycles. The fourth-order valence-electron chi connectivity index (χ4n) is 3.10. The van der Waals surface area contributed by atoms with Crippen LogP contribution in [0.4, 0.5) is 0 Å². The SMILES string of the molecule is CCNC(=NCc1ccc(-n2ccnc2C)nc1)N1CCN(C(C)=O)CC1. The van der Waals surface area contributed by atoms with Crippen LogP contribution in [0.3, 0.4) is 0 Å². The van der Waals surface area contributed by atoms with Crippen LogP contribution in [0.2, 0.25) is 0 Å². The van der Waals surface area contributed by atoms with E-state index in [1.54, 1.807) is 13.1 Å². The third-order valence-corrected chi connectivity index (χ3v) is 4.65. The molecule has 144 valence electrons. The minimum Gasteiger partial charge on any atom is -0.357 e. The number of pyridine rings is 1. The van der Waals surface area contributed by atoms with E-state index in [9.17, 15) is 4.79 Å². The maximum Gasteiger partial charge on any atom is 0.219 e. The smallest absolute Gasteiger partial charge is 0.219 e. The van der Waals surface area contributed by atoms with Gasteiger partial charge in [-0.25, -0.2) is 15.0 Å². The summed E-state index contributed by atoms with van der Waals surface area (Å²) in [6, 6.07) is 4.03. The Kier molecular flexibility index (Phi) is 6.05. The number of hydrogen-bond donors (Lipinski definition) is 1. The zero-order valence-corrected chi connectivity index (χ0v) is 16.2. The highest BCUT2D eigenvalue weighted by Gasteiger charge is 2.20. The molecule has 0 spiro atoms. The molecule has 0 radical (unpaired) electrons. The number of aliphatic imine (C=N–C) groups is 1. The van der Waals surface area contributed by atoms with Crippen molar-refractivity contribution >= 4 is 11.9 Å². The van der Waals surface area contributed by atoms with Crippen molar-refractivity contribution in [2.45, 2.75) is 27.3 Å². The van der Waals surface area contributed by atoms with Gasteiger partial charge in [0, 0.05) is 58.2 Å². The van der Waals surface area contributed by atoms with Gasteiger partial charge in [-0.3, -0.25) is 9.36 Å². The maximum absolute atomic E-state index is 11.5. The predicted molar refractivity (Wildman–Crippen MR) is 105 cm³/mol. The zero-order chi connectivity index (χ0) is 19.2. The van der Waals surface area contributed by atoms with E-state index in [4.69, 9.17) is 4.99 Å². The average Bonchev–Trinajstić information content (AvgIpc) is 3.11. The largest absolute Gasteiger partial charge is 0.357 e. The Hall–Kier alpha value is -2.90. The molecule has 1 aliphatic rings. The molecule has 0 atom stereocenters. The van der Waals surface area contributed by atoms with Crippen molar-refractivity contribution in [1.29, 1.82) is 0 Å². The highest BCUT2D eigenvalue weighted by molar-refractivity contribution is 5.80. The lowest BCUT2D eigenvalue weighted by Crippen LogP contribution is -2.53. The van der Waals surface area contributed by atoms with Crippen LogP contribution in [0.25, 0.3) is 5.82 Å². The number of nitrogens with one attached hydrogen (secondary N) is 1. The Morgan fingerprint density at radius 3 is 2.48 bits per heavy atom. The first-order valence-corrected chi connectivity index (χ1v) is 9.32. The number of aryl methyl sites for hydroxylation is 1. The number of guanidine groups is 1. The summed E-state index contributed by atoms with van der Waals surface area (Å²) in [5.74, 6) is 2.78. The molecular formula is C19H27N7O. The molecule has 0 saturated carbocycles. The minimum absolute atomic E-state index is 0.135. The van der Waals surface area contributed by atoms with Crippen LogP contribution in [-0.4, -0.2) is 68.9 Å². The molecule has 27 heavy (non-hydrogen) atoms. The van der Waals surface area contributed by atoms with E-state index in [0.717, 1.165) is 55.9 Å². The van der Waals surface area contributed by atoms with E-state index in [-0.39, 0.29) is 5.91 Å². The molecule has 0 aliphatic carbocycles. The first-order valence-electron chi connectivity index (χ1n) is 9.32. The average molecular weight is 369 g/mol. The lowest BCUT2D eigenvalue weighted by Gasteiger charge is -2.36. The zero-order valence-electron chi connectivity index (χ0n) is 16.2. The summed E-state index contributed by atoms with van der Waals surface area (Å²) in [6.45, 7) is 10.1. The van der Waals surface area contributed by atoms with E-state index in [1.165, 1.54) is 0 Å². The van der Waals surface area contributed by atoms with Crippen molar-refractivity contribution in [2.24, 2.45) is 4.99 Å². The highest BCUT2D eigenvalue weighted by atomic mass is 16.2. The summed E-state index contributed by atoms with van der Waals surface area (Å²) in [7, 11) is 0. The second-order valence-electron chi connectivity index (χ2n) is 6.53. The Morgan fingerprint density at radius 1 is 1.19 bits per heavy atom. The normalized spacial score (nSPS) is 15.1. The summed E-state index contributed by atoms with van der Waals surface area (Å²) >= 11 is 0. The number of carbonyl (C=O) groups excluding carboxylic acids is 1. The van der Waals surface area contributed by atoms with Gasteiger partial charge in [0.25, 0.3) is 0 Å². The molecular weight excluding hydrogens is 342 g/mol. The third-order valence-electron chi connectivity index (χ3n) is 4.65. The van der Waals surface area contributed by atoms with Crippen molar-refractivity contribution < 1.29 is 4.79 Å². The first kappa shape index (κ1) is 18.9. The molecule has 1 N–H and O–H groups in total. The summed E-state index contributed by atoms with van der Waals surface area (Å²) in [5, 5.41) is 3.35. The van der Waals surface area contributed by atoms with Gasteiger partial charge in [-0.2, -0.15) is 0 Å². The Bertz CT molecular complexity index is 789. The fraction of sp³-hybridized carbons (Fsp3) is 0.474. The van der Waals surface area contributed by atoms with Gasteiger partial charge in [-0.15, -0.1) is 0 Å². The molecule has 1 saturated heterocycles. The number of hydrogen-bond acceptors (Lipinski definition) is 4. The summed E-state index contributed by atoms with van der Waals surface area (Å²) in [6.07, 6.45) is 5.53. The van der Waals surface area contributed by atoms with Gasteiger partial charge in [-0.1, -0.05) is 6.07 Å². The summed E-state index contributed by atoms with van der Waals surface area (Å²) in [4.78, 5) is 29.1.